The first-order valence-corrected chi connectivity index (χ1v) is 18.7. The lowest BCUT2D eigenvalue weighted by Crippen LogP contribution is -2.60. The van der Waals surface area contributed by atoms with Gasteiger partial charge in [-0.2, -0.15) is 0 Å². The van der Waals surface area contributed by atoms with Crippen molar-refractivity contribution in [2.24, 2.45) is 39.9 Å². The number of carbonyl (C=O) groups excluding carboxylic acids is 1. The number of aliphatic hydroxyl groups excluding tert-OH is 3. The maximum atomic E-state index is 14.9. The summed E-state index contributed by atoms with van der Waals surface area (Å²) in [6.45, 7) is 24.0. The summed E-state index contributed by atoms with van der Waals surface area (Å²) in [6.07, 6.45) is 12.0. The highest BCUT2D eigenvalue weighted by atomic mass is 16.5. The SMILES string of the molecule is C=C(C)[C@H]1C(=O)c2c3c(cc4c2[C@@H](O)C2C4=CC(C)(C)OC2(C)C)C2=C(C31)[C@@]1(C)C(CC[C@H]3[C@](C)(/C=C/C=C(\C)CO)[C@@H](O)CC[C@@]31C)C2. The van der Waals surface area contributed by atoms with Gasteiger partial charge in [0.15, 0.2) is 5.78 Å². The average Bonchev–Trinajstić information content (AvgIpc) is 3.67. The Morgan fingerprint density at radius 3 is 2.41 bits per heavy atom. The van der Waals surface area contributed by atoms with Crippen molar-refractivity contribution in [2.45, 2.75) is 124 Å². The molecule has 5 heteroatoms. The molecule has 0 spiro atoms. The number of rotatable bonds is 4. The molecule has 0 saturated heterocycles. The molecule has 3 unspecified atom stereocenters. The molecule has 0 aromatic heterocycles. The molecule has 7 aliphatic rings. The number of benzene rings is 1. The van der Waals surface area contributed by atoms with Gasteiger partial charge in [0.25, 0.3) is 0 Å². The molecular weight excluding hydrogens is 608 g/mol. The van der Waals surface area contributed by atoms with Crippen LogP contribution < -0.4 is 0 Å². The summed E-state index contributed by atoms with van der Waals surface area (Å²) < 4.78 is 6.54. The van der Waals surface area contributed by atoms with Gasteiger partial charge in [-0.3, -0.25) is 4.79 Å². The first-order chi connectivity index (χ1) is 22.8. The lowest BCUT2D eigenvalue weighted by molar-refractivity contribution is -0.161. The molecule has 1 aromatic carbocycles. The van der Waals surface area contributed by atoms with Crippen LogP contribution in [0.1, 0.15) is 139 Å². The number of carbonyl (C=O) groups is 1. The van der Waals surface area contributed by atoms with Crippen LogP contribution in [0.3, 0.4) is 0 Å². The number of ether oxygens (including phenoxy) is 1. The van der Waals surface area contributed by atoms with E-state index >= 15 is 0 Å². The molecule has 262 valence electrons. The number of aliphatic hydroxyl groups is 3. The van der Waals surface area contributed by atoms with Crippen molar-refractivity contribution in [3.8, 4) is 0 Å². The predicted molar refractivity (Wildman–Crippen MR) is 195 cm³/mol. The van der Waals surface area contributed by atoms with Gasteiger partial charge >= 0.3 is 0 Å². The Labute approximate surface area is 292 Å². The molecule has 8 rings (SSSR count). The smallest absolute Gasteiger partial charge is 0.171 e. The Balaban J connectivity index is 1.33. The summed E-state index contributed by atoms with van der Waals surface area (Å²) in [5, 5.41) is 33.5. The van der Waals surface area contributed by atoms with Gasteiger partial charge in [0, 0.05) is 22.8 Å². The molecule has 1 aliphatic heterocycles. The molecule has 10 atom stereocenters. The first-order valence-electron chi connectivity index (χ1n) is 18.7. The highest BCUT2D eigenvalue weighted by Gasteiger charge is 2.70. The third-order valence-corrected chi connectivity index (χ3v) is 15.2. The summed E-state index contributed by atoms with van der Waals surface area (Å²) in [5.74, 6) is 0.193. The number of hydrogen-bond donors (Lipinski definition) is 3. The molecule has 49 heavy (non-hydrogen) atoms. The van der Waals surface area contributed by atoms with Crippen LogP contribution in [0.2, 0.25) is 0 Å². The van der Waals surface area contributed by atoms with Gasteiger partial charge < -0.3 is 20.1 Å². The molecule has 3 N–H and O–H groups in total. The number of fused-ring (bicyclic) bond motifs is 10. The van der Waals surface area contributed by atoms with Crippen LogP contribution in [0.4, 0.5) is 0 Å². The van der Waals surface area contributed by atoms with Crippen LogP contribution in [0.5, 0.6) is 0 Å². The molecule has 0 bridgehead atoms. The van der Waals surface area contributed by atoms with E-state index < -0.39 is 28.8 Å². The monoisotopic (exact) mass is 664 g/mol. The fourth-order valence-corrected chi connectivity index (χ4v) is 13.1. The van der Waals surface area contributed by atoms with Gasteiger partial charge in [-0.1, -0.05) is 56.7 Å². The van der Waals surface area contributed by atoms with E-state index in [2.05, 4.69) is 73.3 Å². The van der Waals surface area contributed by atoms with Crippen molar-refractivity contribution in [1.29, 1.82) is 0 Å². The molecule has 2 fully saturated rings. The molecular formula is C44H56O5. The minimum atomic E-state index is -0.813. The third-order valence-electron chi connectivity index (χ3n) is 15.2. The van der Waals surface area contributed by atoms with Crippen molar-refractivity contribution in [3.05, 3.63) is 81.5 Å². The third kappa shape index (κ3) is 4.05. The van der Waals surface area contributed by atoms with E-state index in [9.17, 15) is 20.1 Å². The maximum absolute atomic E-state index is 14.9. The van der Waals surface area contributed by atoms with Gasteiger partial charge in [-0.15, -0.1) is 0 Å². The molecule has 5 nitrogen and oxygen atoms in total. The topological polar surface area (TPSA) is 87.0 Å². The zero-order valence-corrected chi connectivity index (χ0v) is 31.0. The minimum absolute atomic E-state index is 0.0235. The fourth-order valence-electron chi connectivity index (χ4n) is 13.1. The van der Waals surface area contributed by atoms with Gasteiger partial charge in [-0.25, -0.2) is 0 Å². The second kappa shape index (κ2) is 10.3. The van der Waals surface area contributed by atoms with Gasteiger partial charge in [0.1, 0.15) is 0 Å². The zero-order valence-electron chi connectivity index (χ0n) is 31.0. The number of Topliss-reactive ketones (excluding diaryl/α,β-unsaturated/α-hetero) is 1. The van der Waals surface area contributed by atoms with Crippen molar-refractivity contribution in [1.82, 2.24) is 0 Å². The highest BCUT2D eigenvalue weighted by Crippen LogP contribution is 2.78. The van der Waals surface area contributed by atoms with E-state index in [1.54, 1.807) is 0 Å². The van der Waals surface area contributed by atoms with E-state index in [4.69, 9.17) is 4.74 Å². The second-order valence-electron chi connectivity index (χ2n) is 18.7. The number of hydrogen-bond acceptors (Lipinski definition) is 5. The van der Waals surface area contributed by atoms with E-state index in [-0.39, 0.29) is 46.9 Å². The lowest BCUT2D eigenvalue weighted by Gasteiger charge is -2.65. The normalized spacial score (nSPS) is 42.4. The summed E-state index contributed by atoms with van der Waals surface area (Å²) in [5.41, 5.74) is 9.02. The predicted octanol–water partition coefficient (Wildman–Crippen LogP) is 8.66. The van der Waals surface area contributed by atoms with Crippen LogP contribution in [0.15, 0.2) is 53.7 Å². The summed E-state index contributed by atoms with van der Waals surface area (Å²) in [6, 6.07) is 2.36. The summed E-state index contributed by atoms with van der Waals surface area (Å²) in [4.78, 5) is 14.9. The average molecular weight is 665 g/mol. The zero-order chi connectivity index (χ0) is 35.4. The highest BCUT2D eigenvalue weighted by molar-refractivity contribution is 6.12. The molecule has 2 saturated carbocycles. The standard InChI is InChI=1S/C44H56O5/c1-22(2)31-34-32-25(19-26-28-20-40(4,5)49-41(6,7)37(28)39(48)33(26)35(32)38(31)47)27-18-24-13-14-29-42(8,16-11-12-23(3)21-45)30(46)15-17-43(29,9)44(24,10)36(27)34/h11-12,16,19-20,24,29-31,34,37,39,45-46,48H,1,13-15,17-18,21H2,2-10H3/b16-11+,23-12+/t24?,29-,30-,31+,34?,37?,39+,42-,43-,44+/m0/s1. The Morgan fingerprint density at radius 1 is 1.02 bits per heavy atom. The summed E-state index contributed by atoms with van der Waals surface area (Å²) >= 11 is 0. The fraction of sp³-hybridized carbons (Fsp3) is 0.614. The first kappa shape index (κ1) is 33.6. The van der Waals surface area contributed by atoms with Crippen molar-refractivity contribution < 1.29 is 24.9 Å². The van der Waals surface area contributed by atoms with Crippen molar-refractivity contribution in [3.63, 3.8) is 0 Å². The number of allylic oxidation sites excluding steroid dienone is 5. The number of ketones is 1. The molecule has 1 aromatic rings. The second-order valence-corrected chi connectivity index (χ2v) is 18.7. The van der Waals surface area contributed by atoms with Crippen molar-refractivity contribution in [2.75, 3.05) is 6.61 Å². The quantitative estimate of drug-likeness (QED) is 0.222. The molecule has 0 amide bonds. The van der Waals surface area contributed by atoms with Gasteiger partial charge in [0.2, 0.25) is 0 Å². The van der Waals surface area contributed by atoms with E-state index in [0.29, 0.717) is 5.92 Å². The van der Waals surface area contributed by atoms with Gasteiger partial charge in [-0.05, 0) is 147 Å². The maximum Gasteiger partial charge on any atom is 0.171 e. The van der Waals surface area contributed by atoms with Crippen LogP contribution in [0.25, 0.3) is 11.1 Å². The summed E-state index contributed by atoms with van der Waals surface area (Å²) in [7, 11) is 0. The van der Waals surface area contributed by atoms with Gasteiger partial charge in [0.05, 0.1) is 35.9 Å². The van der Waals surface area contributed by atoms with Crippen LogP contribution in [-0.2, 0) is 4.74 Å². The molecule has 1 heterocycles. The molecule has 0 radical (unpaired) electrons. The Hall–Kier alpha value is -2.57. The van der Waals surface area contributed by atoms with Crippen molar-refractivity contribution >= 4 is 16.9 Å². The Morgan fingerprint density at radius 2 is 1.73 bits per heavy atom. The molecule has 6 aliphatic carbocycles. The Kier molecular flexibility index (Phi) is 7.04. The van der Waals surface area contributed by atoms with E-state index in [1.165, 1.54) is 16.7 Å². The van der Waals surface area contributed by atoms with Crippen LogP contribution >= 0.6 is 0 Å². The van der Waals surface area contributed by atoms with Crippen LogP contribution in [0, 0.1) is 39.9 Å². The van der Waals surface area contributed by atoms with E-state index in [0.717, 1.165) is 71.1 Å². The van der Waals surface area contributed by atoms with E-state index in [1.807, 2.05) is 26.0 Å². The Bertz CT molecular complexity index is 1830. The largest absolute Gasteiger partial charge is 0.392 e. The lowest BCUT2D eigenvalue weighted by atomic mass is 9.39. The van der Waals surface area contributed by atoms with Crippen LogP contribution in [-0.4, -0.2) is 45.0 Å². The minimum Gasteiger partial charge on any atom is -0.392 e.